The van der Waals surface area contributed by atoms with E-state index in [1.165, 1.54) is 0 Å². The quantitative estimate of drug-likeness (QED) is 0.524. The number of hydrogen-bond donors (Lipinski definition) is 3. The fraction of sp³-hybridized carbons (Fsp3) is 0.111. The van der Waals surface area contributed by atoms with Crippen molar-refractivity contribution in [2.45, 2.75) is 13.5 Å². The first kappa shape index (κ1) is 15.5. The summed E-state index contributed by atoms with van der Waals surface area (Å²) >= 11 is 6.01. The summed E-state index contributed by atoms with van der Waals surface area (Å²) in [6.07, 6.45) is 0. The molecule has 2 aromatic carbocycles. The number of aryl methyl sites for hydroxylation is 1. The standard InChI is InChI=1S/C18H14ClN3O3/c1-9-4-13(7-15-16(9)22-18(24)25-15)20-8-11-5-10-6-12(19)2-3-14(10)21-17(11)23/h2-7,20H,8H2,1H3,(H,21,23)(H,22,24). The second-order valence-electron chi connectivity index (χ2n) is 5.89. The average molecular weight is 356 g/mol. The summed E-state index contributed by atoms with van der Waals surface area (Å²) in [6.45, 7) is 2.21. The second kappa shape index (κ2) is 5.82. The van der Waals surface area contributed by atoms with Crippen molar-refractivity contribution in [1.29, 1.82) is 0 Å². The molecule has 0 radical (unpaired) electrons. The van der Waals surface area contributed by atoms with Crippen LogP contribution in [-0.2, 0) is 6.54 Å². The fourth-order valence-electron chi connectivity index (χ4n) is 2.88. The van der Waals surface area contributed by atoms with E-state index in [-0.39, 0.29) is 5.56 Å². The van der Waals surface area contributed by atoms with Gasteiger partial charge in [-0.15, -0.1) is 0 Å². The van der Waals surface area contributed by atoms with Crippen LogP contribution in [0.5, 0.6) is 0 Å². The summed E-state index contributed by atoms with van der Waals surface area (Å²) < 4.78 is 5.10. The number of aromatic amines is 2. The monoisotopic (exact) mass is 355 g/mol. The van der Waals surface area contributed by atoms with Gasteiger partial charge in [-0.2, -0.15) is 0 Å². The van der Waals surface area contributed by atoms with Crippen LogP contribution in [0.3, 0.4) is 0 Å². The summed E-state index contributed by atoms with van der Waals surface area (Å²) in [5, 5.41) is 4.68. The topological polar surface area (TPSA) is 90.9 Å². The van der Waals surface area contributed by atoms with Crippen LogP contribution in [0.1, 0.15) is 11.1 Å². The van der Waals surface area contributed by atoms with Gasteiger partial charge in [-0.3, -0.25) is 9.78 Å². The van der Waals surface area contributed by atoms with Crippen LogP contribution in [0.2, 0.25) is 5.02 Å². The third-order valence-electron chi connectivity index (χ3n) is 4.10. The van der Waals surface area contributed by atoms with Crippen molar-refractivity contribution in [3.8, 4) is 0 Å². The van der Waals surface area contributed by atoms with Gasteiger partial charge in [-0.1, -0.05) is 11.6 Å². The molecule has 6 nitrogen and oxygen atoms in total. The Morgan fingerprint density at radius 3 is 2.80 bits per heavy atom. The van der Waals surface area contributed by atoms with Crippen LogP contribution < -0.4 is 16.6 Å². The Morgan fingerprint density at radius 2 is 1.96 bits per heavy atom. The molecule has 0 aliphatic rings. The highest BCUT2D eigenvalue weighted by Crippen LogP contribution is 2.22. The molecule has 7 heteroatoms. The molecular weight excluding hydrogens is 342 g/mol. The maximum absolute atomic E-state index is 12.2. The Bertz CT molecular complexity index is 1220. The van der Waals surface area contributed by atoms with Crippen LogP contribution >= 0.6 is 11.6 Å². The Balaban J connectivity index is 1.67. The number of hydrogen-bond acceptors (Lipinski definition) is 4. The number of anilines is 1. The first-order chi connectivity index (χ1) is 12.0. The number of pyridine rings is 1. The van der Waals surface area contributed by atoms with Crippen molar-refractivity contribution in [1.82, 2.24) is 9.97 Å². The zero-order valence-electron chi connectivity index (χ0n) is 13.3. The van der Waals surface area contributed by atoms with Gasteiger partial charge in [0, 0.05) is 39.8 Å². The lowest BCUT2D eigenvalue weighted by Gasteiger charge is -2.08. The van der Waals surface area contributed by atoms with E-state index in [4.69, 9.17) is 16.0 Å². The molecule has 0 aliphatic heterocycles. The van der Waals surface area contributed by atoms with Crippen LogP contribution in [-0.4, -0.2) is 9.97 Å². The number of aromatic nitrogens is 2. The van der Waals surface area contributed by atoms with Gasteiger partial charge in [0.1, 0.15) is 0 Å². The van der Waals surface area contributed by atoms with Gasteiger partial charge >= 0.3 is 5.76 Å². The predicted molar refractivity (Wildman–Crippen MR) is 98.5 cm³/mol. The van der Waals surface area contributed by atoms with Gasteiger partial charge in [0.05, 0.1) is 5.52 Å². The lowest BCUT2D eigenvalue weighted by Crippen LogP contribution is -2.15. The van der Waals surface area contributed by atoms with Gasteiger partial charge in [-0.25, -0.2) is 4.79 Å². The molecule has 25 heavy (non-hydrogen) atoms. The molecule has 0 spiro atoms. The van der Waals surface area contributed by atoms with Crippen molar-refractivity contribution >= 4 is 39.3 Å². The highest BCUT2D eigenvalue weighted by Gasteiger charge is 2.08. The van der Waals surface area contributed by atoms with Gasteiger partial charge in [0.15, 0.2) is 5.58 Å². The summed E-state index contributed by atoms with van der Waals surface area (Å²) in [5.41, 5.74) is 3.96. The van der Waals surface area contributed by atoms with E-state index in [2.05, 4.69) is 15.3 Å². The van der Waals surface area contributed by atoms with Crippen LogP contribution in [0, 0.1) is 6.92 Å². The molecule has 0 aliphatic carbocycles. The number of nitrogens with one attached hydrogen (secondary N) is 3. The van der Waals surface area contributed by atoms with E-state index in [1.54, 1.807) is 24.3 Å². The fourth-order valence-corrected chi connectivity index (χ4v) is 3.06. The molecule has 0 fully saturated rings. The minimum absolute atomic E-state index is 0.159. The number of rotatable bonds is 3. The van der Waals surface area contributed by atoms with E-state index in [1.807, 2.05) is 19.1 Å². The SMILES string of the molecule is Cc1cc(NCc2cc3cc(Cl)ccc3[nH]c2=O)cc2oc(=O)[nH]c12. The molecule has 0 saturated carbocycles. The molecule has 0 amide bonds. The average Bonchev–Trinajstić information content (AvgIpc) is 2.94. The van der Waals surface area contributed by atoms with Crippen molar-refractivity contribution < 1.29 is 4.42 Å². The third-order valence-corrected chi connectivity index (χ3v) is 4.33. The van der Waals surface area contributed by atoms with Crippen molar-refractivity contribution in [2.75, 3.05) is 5.32 Å². The summed E-state index contributed by atoms with van der Waals surface area (Å²) in [7, 11) is 0. The third kappa shape index (κ3) is 2.92. The van der Waals surface area contributed by atoms with Crippen LogP contribution in [0.4, 0.5) is 5.69 Å². The molecule has 3 N–H and O–H groups in total. The smallest absolute Gasteiger partial charge is 0.408 e. The number of oxazole rings is 1. The van der Waals surface area contributed by atoms with Crippen molar-refractivity contribution in [3.05, 3.63) is 73.5 Å². The molecule has 0 atom stereocenters. The normalized spacial score (nSPS) is 11.3. The summed E-state index contributed by atoms with van der Waals surface area (Å²) in [4.78, 5) is 29.0. The minimum Gasteiger partial charge on any atom is -0.408 e. The number of halogens is 1. The zero-order valence-corrected chi connectivity index (χ0v) is 14.0. The molecular formula is C18H14ClN3O3. The molecule has 4 rings (SSSR count). The predicted octanol–water partition coefficient (Wildman–Crippen LogP) is 3.54. The van der Waals surface area contributed by atoms with Crippen LogP contribution in [0.15, 0.2) is 50.4 Å². The van der Waals surface area contributed by atoms with Gasteiger partial charge < -0.3 is 14.7 Å². The Labute approximate surface area is 146 Å². The largest absolute Gasteiger partial charge is 0.417 e. The molecule has 0 bridgehead atoms. The summed E-state index contributed by atoms with van der Waals surface area (Å²) in [6, 6.07) is 10.8. The minimum atomic E-state index is -0.488. The maximum atomic E-state index is 12.2. The lowest BCUT2D eigenvalue weighted by atomic mass is 10.1. The van der Waals surface area contributed by atoms with Gasteiger partial charge in [-0.05, 0) is 42.8 Å². The van der Waals surface area contributed by atoms with E-state index in [0.29, 0.717) is 28.2 Å². The summed E-state index contributed by atoms with van der Waals surface area (Å²) in [5.74, 6) is -0.488. The highest BCUT2D eigenvalue weighted by molar-refractivity contribution is 6.31. The van der Waals surface area contributed by atoms with Crippen molar-refractivity contribution in [3.63, 3.8) is 0 Å². The van der Waals surface area contributed by atoms with E-state index in [0.717, 1.165) is 22.2 Å². The second-order valence-corrected chi connectivity index (χ2v) is 6.33. The molecule has 0 unspecified atom stereocenters. The Hall–Kier alpha value is -2.99. The molecule has 126 valence electrons. The Morgan fingerprint density at radius 1 is 1.12 bits per heavy atom. The zero-order chi connectivity index (χ0) is 17.6. The number of fused-ring (bicyclic) bond motifs is 2. The Kier molecular flexibility index (Phi) is 3.62. The molecule has 4 aromatic rings. The lowest BCUT2D eigenvalue weighted by molar-refractivity contribution is 0.555. The maximum Gasteiger partial charge on any atom is 0.417 e. The first-order valence-corrected chi connectivity index (χ1v) is 8.06. The first-order valence-electron chi connectivity index (χ1n) is 7.68. The number of H-pyrrole nitrogens is 2. The van der Waals surface area contributed by atoms with Crippen molar-refractivity contribution in [2.24, 2.45) is 0 Å². The molecule has 2 aromatic heterocycles. The van der Waals surface area contributed by atoms with E-state index < -0.39 is 5.76 Å². The molecule has 2 heterocycles. The van der Waals surface area contributed by atoms with E-state index in [9.17, 15) is 9.59 Å². The number of benzene rings is 2. The van der Waals surface area contributed by atoms with E-state index >= 15 is 0 Å². The van der Waals surface area contributed by atoms with Crippen LogP contribution in [0.25, 0.3) is 22.0 Å². The van der Waals surface area contributed by atoms with Gasteiger partial charge in [0.25, 0.3) is 5.56 Å². The van der Waals surface area contributed by atoms with Gasteiger partial charge in [0.2, 0.25) is 0 Å². The molecule has 0 saturated heterocycles. The highest BCUT2D eigenvalue weighted by atomic mass is 35.5.